The molecule has 0 fully saturated rings. The van der Waals surface area contributed by atoms with Crippen LogP contribution in [0, 0.1) is 5.92 Å². The molecule has 0 radical (unpaired) electrons. The smallest absolute Gasteiger partial charge is 0.258 e. The Morgan fingerprint density at radius 1 is 1.12 bits per heavy atom. The molecular formula is C31H39N5O6S. The van der Waals surface area contributed by atoms with Crippen molar-refractivity contribution in [2.75, 3.05) is 48.8 Å². The van der Waals surface area contributed by atoms with Crippen molar-refractivity contribution < 1.29 is 27.9 Å². The van der Waals surface area contributed by atoms with E-state index in [0.717, 1.165) is 11.8 Å². The number of hydrogen-bond acceptors (Lipinski definition) is 8. The van der Waals surface area contributed by atoms with Gasteiger partial charge in [-0.05, 0) is 55.9 Å². The van der Waals surface area contributed by atoms with Gasteiger partial charge in [-0.15, -0.1) is 0 Å². The van der Waals surface area contributed by atoms with E-state index in [0.29, 0.717) is 36.6 Å². The normalized spacial score (nSPS) is 17.8. The zero-order chi connectivity index (χ0) is 31.3. The zero-order valence-electron chi connectivity index (χ0n) is 24.8. The van der Waals surface area contributed by atoms with E-state index in [1.807, 2.05) is 26.1 Å². The van der Waals surface area contributed by atoms with Crippen LogP contribution >= 0.6 is 0 Å². The summed E-state index contributed by atoms with van der Waals surface area (Å²) in [6, 6.07) is 18.7. The third kappa shape index (κ3) is 8.04. The Kier molecular flexibility index (Phi) is 9.95. The highest BCUT2D eigenvalue weighted by molar-refractivity contribution is 7.92. The van der Waals surface area contributed by atoms with Crippen LogP contribution < -0.4 is 20.5 Å². The van der Waals surface area contributed by atoms with Crippen LogP contribution in [0.15, 0.2) is 66.7 Å². The Morgan fingerprint density at radius 3 is 2.44 bits per heavy atom. The van der Waals surface area contributed by atoms with Gasteiger partial charge in [0.05, 0.1) is 41.5 Å². The van der Waals surface area contributed by atoms with Gasteiger partial charge in [-0.3, -0.25) is 19.2 Å². The molecule has 0 saturated heterocycles. The molecule has 0 bridgehead atoms. The molecule has 5 N–H and O–H groups in total. The monoisotopic (exact) mass is 609 g/mol. The van der Waals surface area contributed by atoms with Gasteiger partial charge in [0.1, 0.15) is 6.10 Å². The summed E-state index contributed by atoms with van der Waals surface area (Å²) in [5.41, 5.74) is 8.85. The van der Waals surface area contributed by atoms with E-state index in [1.165, 1.54) is 0 Å². The van der Waals surface area contributed by atoms with Crippen LogP contribution in [0.1, 0.15) is 40.1 Å². The summed E-state index contributed by atoms with van der Waals surface area (Å²) in [4.78, 5) is 29.9. The van der Waals surface area contributed by atoms with E-state index < -0.39 is 22.2 Å². The second-order valence-corrected chi connectivity index (χ2v) is 12.9. The number of nitrogens with one attached hydrogen (secondary N) is 2. The highest BCUT2D eigenvalue weighted by Gasteiger charge is 2.34. The lowest BCUT2D eigenvalue weighted by Gasteiger charge is -2.38. The third-order valence-corrected chi connectivity index (χ3v) is 7.95. The molecule has 3 atom stereocenters. The number of nitrogen functional groups attached to an aromatic ring is 1. The second-order valence-electron chi connectivity index (χ2n) is 11.1. The molecular weight excluding hydrogens is 570 g/mol. The summed E-state index contributed by atoms with van der Waals surface area (Å²) < 4.78 is 33.1. The number of nitrogens with two attached hydrogens (primary N) is 1. The number of hydrogen-bond donors (Lipinski definition) is 4. The van der Waals surface area contributed by atoms with Crippen molar-refractivity contribution in [2.45, 2.75) is 32.5 Å². The topological polar surface area (TPSA) is 154 Å². The van der Waals surface area contributed by atoms with E-state index >= 15 is 0 Å². The van der Waals surface area contributed by atoms with Crippen LogP contribution in [0.4, 0.5) is 17.1 Å². The lowest BCUT2D eigenvalue weighted by molar-refractivity contribution is 0.0344. The van der Waals surface area contributed by atoms with Gasteiger partial charge in [0.2, 0.25) is 10.0 Å². The Bertz CT molecular complexity index is 1560. The molecule has 230 valence electrons. The largest absolute Gasteiger partial charge is 0.486 e. The van der Waals surface area contributed by atoms with Gasteiger partial charge in [0, 0.05) is 31.1 Å². The first-order chi connectivity index (χ1) is 20.4. The predicted molar refractivity (Wildman–Crippen MR) is 168 cm³/mol. The number of rotatable bonds is 10. The Morgan fingerprint density at radius 2 is 1.79 bits per heavy atom. The van der Waals surface area contributed by atoms with Crippen molar-refractivity contribution in [1.82, 2.24) is 9.80 Å². The number of likely N-dealkylation sites (N-methyl/N-ethyl adjacent to an activating group) is 1. The maximum absolute atomic E-state index is 13.5. The summed E-state index contributed by atoms with van der Waals surface area (Å²) >= 11 is 0. The molecule has 4 rings (SSSR count). The summed E-state index contributed by atoms with van der Waals surface area (Å²) in [7, 11) is -1.71. The quantitative estimate of drug-likeness (QED) is 0.256. The Balaban J connectivity index is 1.52. The molecule has 0 aliphatic carbocycles. The average molecular weight is 610 g/mol. The minimum atomic E-state index is -3.65. The fourth-order valence-electron chi connectivity index (χ4n) is 4.99. The van der Waals surface area contributed by atoms with Crippen LogP contribution in [-0.2, 0) is 16.6 Å². The number of aliphatic hydroxyl groups excluding tert-OH is 1. The van der Waals surface area contributed by atoms with Crippen LogP contribution in [0.25, 0.3) is 0 Å². The van der Waals surface area contributed by atoms with Crippen molar-refractivity contribution in [3.05, 3.63) is 83.4 Å². The maximum atomic E-state index is 13.5. The fourth-order valence-corrected chi connectivity index (χ4v) is 5.55. The lowest BCUT2D eigenvalue weighted by atomic mass is 9.99. The summed E-state index contributed by atoms with van der Waals surface area (Å²) in [6.07, 6.45) is 0.617. The van der Waals surface area contributed by atoms with Crippen molar-refractivity contribution in [3.63, 3.8) is 0 Å². The average Bonchev–Trinajstić information content (AvgIpc) is 2.95. The van der Waals surface area contributed by atoms with E-state index in [2.05, 4.69) is 14.9 Å². The van der Waals surface area contributed by atoms with Crippen molar-refractivity contribution in [1.29, 1.82) is 0 Å². The number of carbonyl (C=O) groups is 2. The number of sulfonamides is 1. The first kappa shape index (κ1) is 31.8. The highest BCUT2D eigenvalue weighted by Crippen LogP contribution is 2.35. The van der Waals surface area contributed by atoms with E-state index in [9.17, 15) is 23.1 Å². The van der Waals surface area contributed by atoms with E-state index in [4.69, 9.17) is 10.5 Å². The van der Waals surface area contributed by atoms with Crippen molar-refractivity contribution >= 4 is 38.9 Å². The van der Waals surface area contributed by atoms with Gasteiger partial charge < -0.3 is 25.8 Å². The first-order valence-electron chi connectivity index (χ1n) is 14.0. The number of aliphatic hydroxyl groups is 1. The molecule has 0 aromatic heterocycles. The Hall–Kier alpha value is -4.13. The van der Waals surface area contributed by atoms with Crippen molar-refractivity contribution in [2.24, 2.45) is 5.92 Å². The molecule has 0 saturated carbocycles. The van der Waals surface area contributed by atoms with Gasteiger partial charge >= 0.3 is 0 Å². The lowest BCUT2D eigenvalue weighted by Crippen LogP contribution is -2.49. The van der Waals surface area contributed by atoms with E-state index in [-0.39, 0.29) is 41.3 Å². The minimum absolute atomic E-state index is 0.156. The number of para-hydroxylation sites is 3. The van der Waals surface area contributed by atoms with Gasteiger partial charge in [-0.25, -0.2) is 8.42 Å². The number of anilines is 3. The minimum Gasteiger partial charge on any atom is -0.486 e. The van der Waals surface area contributed by atoms with Crippen LogP contribution in [0.2, 0.25) is 0 Å². The van der Waals surface area contributed by atoms with Crippen LogP contribution in [0.3, 0.4) is 0 Å². The molecule has 1 heterocycles. The molecule has 43 heavy (non-hydrogen) atoms. The molecule has 3 aromatic rings. The van der Waals surface area contributed by atoms with Crippen LogP contribution in [0.5, 0.6) is 5.75 Å². The van der Waals surface area contributed by atoms with Crippen molar-refractivity contribution in [3.8, 4) is 5.75 Å². The molecule has 0 unspecified atom stereocenters. The molecule has 2 amide bonds. The van der Waals surface area contributed by atoms with Gasteiger partial charge in [0.15, 0.2) is 5.75 Å². The first-order valence-corrected chi connectivity index (χ1v) is 15.9. The number of fused-ring (bicyclic) bond motifs is 1. The Labute approximate surface area is 252 Å². The third-order valence-electron chi connectivity index (χ3n) is 7.36. The molecule has 12 heteroatoms. The van der Waals surface area contributed by atoms with Gasteiger partial charge in [-0.1, -0.05) is 37.3 Å². The number of nitrogens with zero attached hydrogens (tertiary/aromatic N) is 2. The number of benzene rings is 3. The van der Waals surface area contributed by atoms with E-state index in [1.54, 1.807) is 66.4 Å². The second kappa shape index (κ2) is 13.4. The van der Waals surface area contributed by atoms with Gasteiger partial charge in [-0.2, -0.15) is 0 Å². The predicted octanol–water partition coefficient (Wildman–Crippen LogP) is 3.24. The fraction of sp³-hybridized carbons (Fsp3) is 0.355. The molecule has 1 aliphatic rings. The zero-order valence-corrected chi connectivity index (χ0v) is 25.6. The highest BCUT2D eigenvalue weighted by atomic mass is 32.2. The standard InChI is InChI=1S/C31H39N5O6S/c1-20-16-36(21(2)19-37)31(39)24-8-7-11-27(34-43(4,40)41)29(24)42-28(20)18-35(3)17-22-12-14-23(15-13-22)30(38)33-26-10-6-5-9-25(26)32/h5-15,20-21,28,34,37H,16-19,32H2,1-4H3,(H,33,38)/t20-,21+,28+/m1/s1. The molecule has 3 aromatic carbocycles. The molecule has 0 spiro atoms. The summed E-state index contributed by atoms with van der Waals surface area (Å²) in [5.74, 6) is -0.599. The number of carbonyl (C=O) groups excluding carboxylic acids is 2. The summed E-state index contributed by atoms with van der Waals surface area (Å²) in [6.45, 7) is 4.87. The van der Waals surface area contributed by atoms with Gasteiger partial charge in [0.25, 0.3) is 11.8 Å². The van der Waals surface area contributed by atoms with Crippen LogP contribution in [-0.4, -0.2) is 80.3 Å². The summed E-state index contributed by atoms with van der Waals surface area (Å²) in [5, 5.41) is 12.7. The number of ether oxygens (including phenoxy) is 1. The molecule has 1 aliphatic heterocycles. The number of amides is 2. The SMILES string of the molecule is C[C@@H]1CN([C@@H](C)CO)C(=O)c2cccc(NS(C)(=O)=O)c2O[C@H]1CN(C)Cc1ccc(C(=O)Nc2ccccc2N)cc1. The maximum Gasteiger partial charge on any atom is 0.258 e. The molecule has 11 nitrogen and oxygen atoms in total.